The molecule has 0 aromatic heterocycles. The van der Waals surface area contributed by atoms with Crippen LogP contribution in [0.15, 0.2) is 0 Å². The first-order valence-corrected chi connectivity index (χ1v) is 6.22. The summed E-state index contributed by atoms with van der Waals surface area (Å²) in [7, 11) is 0. The molecule has 2 aliphatic carbocycles. The summed E-state index contributed by atoms with van der Waals surface area (Å²) in [6.07, 6.45) is -0.172. The molecule has 4 bridgehead atoms. The van der Waals surface area contributed by atoms with Crippen molar-refractivity contribution in [2.45, 2.75) is 19.1 Å². The molecule has 2 heterocycles. The van der Waals surface area contributed by atoms with Crippen LogP contribution in [0.2, 0.25) is 0 Å². The molecule has 6 nitrogen and oxygen atoms in total. The van der Waals surface area contributed by atoms with Gasteiger partial charge < -0.3 is 14.6 Å². The van der Waals surface area contributed by atoms with Crippen molar-refractivity contribution in [2.24, 2.45) is 35.5 Å². The monoisotopic (exact) mass is 252 g/mol. The normalized spacial score (nSPS) is 52.9. The first-order valence-electron chi connectivity index (χ1n) is 6.22. The van der Waals surface area contributed by atoms with E-state index in [9.17, 15) is 19.5 Å². The summed E-state index contributed by atoms with van der Waals surface area (Å²) in [6, 6.07) is 0. The lowest BCUT2D eigenvalue weighted by atomic mass is 9.83. The van der Waals surface area contributed by atoms with Gasteiger partial charge in [0.15, 0.2) is 0 Å². The van der Waals surface area contributed by atoms with E-state index in [2.05, 4.69) is 0 Å². The highest BCUT2D eigenvalue weighted by atomic mass is 16.6. The lowest BCUT2D eigenvalue weighted by Gasteiger charge is -2.30. The summed E-state index contributed by atoms with van der Waals surface area (Å²) in [5.41, 5.74) is 0. The average molecular weight is 252 g/mol. The van der Waals surface area contributed by atoms with Gasteiger partial charge in [-0.05, 0) is 24.7 Å². The summed E-state index contributed by atoms with van der Waals surface area (Å²) in [5, 5.41) is 9.81. The Balaban J connectivity index is 1.81. The Hall–Kier alpha value is -1.43. The van der Waals surface area contributed by atoms with E-state index in [1.165, 1.54) is 0 Å². The predicted molar refractivity (Wildman–Crippen MR) is 53.4 cm³/mol. The Morgan fingerprint density at radius 1 is 0.889 bits per heavy atom. The van der Waals surface area contributed by atoms with Crippen molar-refractivity contribution < 1.29 is 29.0 Å². The molecule has 1 N–H and O–H groups in total. The Kier molecular flexibility index (Phi) is 1.82. The summed E-state index contributed by atoms with van der Waals surface area (Å²) < 4.78 is 9.63. The van der Waals surface area contributed by atoms with Gasteiger partial charge in [0.05, 0.1) is 17.8 Å². The Bertz CT molecular complexity index is 471. The van der Waals surface area contributed by atoms with Crippen LogP contribution in [0.5, 0.6) is 0 Å². The van der Waals surface area contributed by atoms with E-state index < -0.39 is 24.2 Å². The van der Waals surface area contributed by atoms with Crippen LogP contribution in [0, 0.1) is 35.5 Å². The summed E-state index contributed by atoms with van der Waals surface area (Å²) in [6.45, 7) is 0. The molecule has 7 atom stereocenters. The maximum Gasteiger partial charge on any atom is 0.316 e. The predicted octanol–water partition coefficient (Wildman–Crippen LogP) is -0.550. The minimum Gasteiger partial charge on any atom is -0.435 e. The number of carbonyl (C=O) groups is 3. The van der Waals surface area contributed by atoms with E-state index >= 15 is 0 Å². The fourth-order valence-corrected chi connectivity index (χ4v) is 4.48. The zero-order valence-corrected chi connectivity index (χ0v) is 9.44. The Morgan fingerprint density at radius 2 is 1.50 bits per heavy atom. The number of esters is 3. The number of ether oxygens (including phenoxy) is 2. The van der Waals surface area contributed by atoms with E-state index in [-0.39, 0.29) is 35.5 Å². The number of fused-ring (bicyclic) bond motifs is 9. The van der Waals surface area contributed by atoms with Crippen LogP contribution >= 0.6 is 0 Å². The highest BCUT2D eigenvalue weighted by Crippen LogP contribution is 2.61. The maximum absolute atomic E-state index is 11.8. The quantitative estimate of drug-likeness (QED) is 0.353. The fourth-order valence-electron chi connectivity index (χ4n) is 4.48. The largest absolute Gasteiger partial charge is 0.435 e. The van der Waals surface area contributed by atoms with E-state index in [0.717, 1.165) is 0 Å². The lowest BCUT2D eigenvalue weighted by Crippen LogP contribution is -2.39. The van der Waals surface area contributed by atoms with Crippen molar-refractivity contribution >= 4 is 17.9 Å². The van der Waals surface area contributed by atoms with Gasteiger partial charge in [-0.1, -0.05) is 0 Å². The van der Waals surface area contributed by atoms with Crippen molar-refractivity contribution in [2.75, 3.05) is 0 Å². The topological polar surface area (TPSA) is 89.9 Å². The minimum atomic E-state index is -1.15. The van der Waals surface area contributed by atoms with Crippen LogP contribution in [0.25, 0.3) is 0 Å². The number of hydrogen-bond donors (Lipinski definition) is 1. The fraction of sp³-hybridized carbons (Fsp3) is 0.750. The number of cyclic esters (lactones) is 3. The second kappa shape index (κ2) is 3.12. The van der Waals surface area contributed by atoms with E-state index in [0.29, 0.717) is 12.8 Å². The van der Waals surface area contributed by atoms with Crippen LogP contribution in [0.1, 0.15) is 12.8 Å². The van der Waals surface area contributed by atoms with Crippen LogP contribution in [-0.2, 0) is 23.9 Å². The molecule has 6 unspecified atom stereocenters. The standard InChI is InChI=1S/C12H12O6/c13-9-3-1-4(10(14)17-9)8-6-2-5(7(3)8)11(15)18-12(6)16/h3-9,13H,1-2H2/t3?,4?,5?,6?,7-,8?,9?/m0/s1. The smallest absolute Gasteiger partial charge is 0.316 e. The summed E-state index contributed by atoms with van der Waals surface area (Å²) >= 11 is 0. The van der Waals surface area contributed by atoms with Crippen LogP contribution < -0.4 is 0 Å². The first kappa shape index (κ1) is 10.5. The molecule has 2 saturated carbocycles. The molecule has 0 aromatic carbocycles. The SMILES string of the molecule is O=C1OC(=O)C2CC1C1C3CC(C(O)OC3=O)[C@@H]21. The van der Waals surface area contributed by atoms with Gasteiger partial charge in [-0.25, -0.2) is 0 Å². The number of rotatable bonds is 0. The highest BCUT2D eigenvalue weighted by molar-refractivity contribution is 5.93. The molecule has 2 aliphatic heterocycles. The lowest BCUT2D eigenvalue weighted by molar-refractivity contribution is -0.194. The van der Waals surface area contributed by atoms with Gasteiger partial charge in [0, 0.05) is 5.92 Å². The van der Waals surface area contributed by atoms with Gasteiger partial charge >= 0.3 is 17.9 Å². The zero-order valence-electron chi connectivity index (χ0n) is 9.44. The van der Waals surface area contributed by atoms with E-state index in [1.54, 1.807) is 0 Å². The molecule has 0 radical (unpaired) electrons. The van der Waals surface area contributed by atoms with E-state index in [4.69, 9.17) is 9.47 Å². The van der Waals surface area contributed by atoms with E-state index in [1.807, 2.05) is 0 Å². The molecule has 0 aromatic rings. The number of hydrogen-bond acceptors (Lipinski definition) is 6. The van der Waals surface area contributed by atoms with Crippen molar-refractivity contribution in [3.05, 3.63) is 0 Å². The molecule has 2 saturated heterocycles. The molecular formula is C12H12O6. The van der Waals surface area contributed by atoms with Crippen LogP contribution in [-0.4, -0.2) is 29.3 Å². The Labute approximate surface area is 102 Å². The third-order valence-electron chi connectivity index (χ3n) is 5.08. The van der Waals surface area contributed by atoms with Crippen molar-refractivity contribution in [1.82, 2.24) is 0 Å². The second-order valence-electron chi connectivity index (χ2n) is 5.68. The molecule has 4 aliphatic rings. The molecule has 18 heavy (non-hydrogen) atoms. The molecule has 6 heteroatoms. The average Bonchev–Trinajstić information content (AvgIpc) is 2.79. The number of aliphatic hydroxyl groups is 1. The van der Waals surface area contributed by atoms with Gasteiger partial charge in [0.2, 0.25) is 6.29 Å². The molecule has 4 rings (SSSR count). The van der Waals surface area contributed by atoms with Crippen LogP contribution in [0.4, 0.5) is 0 Å². The van der Waals surface area contributed by atoms with Gasteiger partial charge in [-0.2, -0.15) is 0 Å². The zero-order chi connectivity index (χ0) is 12.6. The molecule has 0 spiro atoms. The third-order valence-corrected chi connectivity index (χ3v) is 5.08. The van der Waals surface area contributed by atoms with Gasteiger partial charge in [0.1, 0.15) is 0 Å². The van der Waals surface area contributed by atoms with Crippen molar-refractivity contribution in [3.63, 3.8) is 0 Å². The number of aliphatic hydroxyl groups excluding tert-OH is 1. The maximum atomic E-state index is 11.8. The molecule has 4 fully saturated rings. The summed E-state index contributed by atoms with van der Waals surface area (Å²) in [4.78, 5) is 35.2. The van der Waals surface area contributed by atoms with Gasteiger partial charge in [-0.15, -0.1) is 0 Å². The van der Waals surface area contributed by atoms with Crippen molar-refractivity contribution in [3.8, 4) is 0 Å². The molecule has 0 amide bonds. The second-order valence-corrected chi connectivity index (χ2v) is 5.68. The highest BCUT2D eigenvalue weighted by Gasteiger charge is 2.67. The Morgan fingerprint density at radius 3 is 2.22 bits per heavy atom. The molecular weight excluding hydrogens is 240 g/mol. The molecule has 96 valence electrons. The number of carbonyl (C=O) groups excluding carboxylic acids is 3. The van der Waals surface area contributed by atoms with Gasteiger partial charge in [0.25, 0.3) is 0 Å². The summed E-state index contributed by atoms with van der Waals surface area (Å²) in [5.74, 6) is -3.15. The van der Waals surface area contributed by atoms with Crippen LogP contribution in [0.3, 0.4) is 0 Å². The van der Waals surface area contributed by atoms with Crippen molar-refractivity contribution in [1.29, 1.82) is 0 Å². The minimum absolute atomic E-state index is 0.152. The van der Waals surface area contributed by atoms with Gasteiger partial charge in [-0.3, -0.25) is 14.4 Å². The first-order chi connectivity index (χ1) is 8.58. The third kappa shape index (κ3) is 1.05.